The van der Waals surface area contributed by atoms with E-state index in [1.165, 1.54) is 0 Å². The summed E-state index contributed by atoms with van der Waals surface area (Å²) in [5.41, 5.74) is 1.59. The van der Waals surface area contributed by atoms with Crippen molar-refractivity contribution in [3.8, 4) is 0 Å². The van der Waals surface area contributed by atoms with E-state index in [1.54, 1.807) is 16.7 Å². The number of rotatable bonds is 3. The van der Waals surface area contributed by atoms with Crippen LogP contribution in [-0.2, 0) is 4.79 Å². The van der Waals surface area contributed by atoms with Gasteiger partial charge in [-0.3, -0.25) is 15.0 Å². The summed E-state index contributed by atoms with van der Waals surface area (Å²) in [7, 11) is 0. The molecule has 20 heavy (non-hydrogen) atoms. The third kappa shape index (κ3) is 2.73. The van der Waals surface area contributed by atoms with Gasteiger partial charge in [0.05, 0.1) is 6.04 Å². The minimum Gasteiger partial charge on any atom is -0.336 e. The van der Waals surface area contributed by atoms with Crippen LogP contribution in [0.25, 0.3) is 0 Å². The maximum atomic E-state index is 11.9. The van der Waals surface area contributed by atoms with Crippen LogP contribution in [0.2, 0.25) is 0 Å². The predicted molar refractivity (Wildman–Crippen MR) is 80.1 cm³/mol. The van der Waals surface area contributed by atoms with Crippen LogP contribution in [0.15, 0.2) is 24.3 Å². The molecule has 2 aliphatic heterocycles. The van der Waals surface area contributed by atoms with Crippen LogP contribution in [0, 0.1) is 0 Å². The minimum absolute atomic E-state index is 0.0123. The minimum atomic E-state index is -0.121. The van der Waals surface area contributed by atoms with Crippen LogP contribution >= 0.6 is 11.8 Å². The van der Waals surface area contributed by atoms with E-state index in [0.29, 0.717) is 13.1 Å². The van der Waals surface area contributed by atoms with E-state index in [4.69, 9.17) is 0 Å². The number of nitrogens with zero attached hydrogens (tertiary/aromatic N) is 1. The van der Waals surface area contributed by atoms with Gasteiger partial charge in [0.2, 0.25) is 5.91 Å². The van der Waals surface area contributed by atoms with E-state index in [9.17, 15) is 9.59 Å². The summed E-state index contributed by atoms with van der Waals surface area (Å²) < 4.78 is 0. The molecule has 0 saturated carbocycles. The fraction of sp³-hybridized carbons (Fsp3) is 0.385. The normalized spacial score (nSPS) is 21.9. The fourth-order valence-corrected chi connectivity index (χ4v) is 3.18. The number of carbonyl (C=O) groups is 2. The Hall–Kier alpha value is -1.73. The van der Waals surface area contributed by atoms with Gasteiger partial charge in [-0.05, 0) is 24.3 Å². The van der Waals surface area contributed by atoms with Crippen LogP contribution in [0.5, 0.6) is 0 Å². The molecule has 7 heteroatoms. The van der Waals surface area contributed by atoms with Gasteiger partial charge < -0.3 is 10.6 Å². The van der Waals surface area contributed by atoms with Gasteiger partial charge in [-0.1, -0.05) is 0 Å². The highest BCUT2D eigenvalue weighted by Gasteiger charge is 2.23. The number of thioether (sulfide) groups is 1. The number of hydrogen-bond donors (Lipinski definition) is 3. The fourth-order valence-electron chi connectivity index (χ4n) is 2.24. The van der Waals surface area contributed by atoms with Gasteiger partial charge >= 0.3 is 6.03 Å². The zero-order valence-corrected chi connectivity index (χ0v) is 11.7. The number of amides is 3. The molecule has 3 N–H and O–H groups in total. The van der Waals surface area contributed by atoms with Crippen molar-refractivity contribution < 1.29 is 9.59 Å². The molecular weight excluding hydrogens is 276 g/mol. The Morgan fingerprint density at radius 3 is 2.75 bits per heavy atom. The second-order valence-corrected chi connectivity index (χ2v) is 5.72. The largest absolute Gasteiger partial charge is 0.336 e. The van der Waals surface area contributed by atoms with Crippen LogP contribution in [0.1, 0.15) is 0 Å². The van der Waals surface area contributed by atoms with Gasteiger partial charge in [-0.25, -0.2) is 4.79 Å². The highest BCUT2D eigenvalue weighted by atomic mass is 32.2. The van der Waals surface area contributed by atoms with Gasteiger partial charge in [0.15, 0.2) is 0 Å². The average molecular weight is 292 g/mol. The summed E-state index contributed by atoms with van der Waals surface area (Å²) in [6.07, 6.45) is 0. The number of hydrogen-bond acceptors (Lipinski definition) is 4. The molecular formula is C13H16N4O2S. The van der Waals surface area contributed by atoms with E-state index in [0.717, 1.165) is 23.0 Å². The Kier molecular flexibility index (Phi) is 3.79. The quantitative estimate of drug-likeness (QED) is 0.771. The highest BCUT2D eigenvalue weighted by Crippen LogP contribution is 2.20. The van der Waals surface area contributed by atoms with Gasteiger partial charge in [-0.15, -0.1) is 11.8 Å². The molecule has 2 fully saturated rings. The Balaban J connectivity index is 1.63. The summed E-state index contributed by atoms with van der Waals surface area (Å²) in [5, 5.41) is 8.77. The molecule has 1 aromatic rings. The molecule has 106 valence electrons. The first-order chi connectivity index (χ1) is 9.74. The van der Waals surface area contributed by atoms with Crippen molar-refractivity contribution >= 4 is 35.1 Å². The van der Waals surface area contributed by atoms with E-state index in [2.05, 4.69) is 16.0 Å². The standard InChI is InChI=1S/C13H16N4O2S/c18-12(11-7-20-8-15-11)16-9-1-3-10(4-2-9)17-6-5-14-13(17)19/h1-4,11,15H,5-8H2,(H,14,19)(H,16,18). The van der Waals surface area contributed by atoms with Crippen molar-refractivity contribution in [3.63, 3.8) is 0 Å². The van der Waals surface area contributed by atoms with E-state index < -0.39 is 0 Å². The summed E-state index contributed by atoms with van der Waals surface area (Å²) in [5.74, 6) is 1.61. The Bertz CT molecular complexity index is 514. The van der Waals surface area contributed by atoms with Crippen molar-refractivity contribution in [2.45, 2.75) is 6.04 Å². The number of benzene rings is 1. The van der Waals surface area contributed by atoms with E-state index in [-0.39, 0.29) is 18.0 Å². The topological polar surface area (TPSA) is 73.5 Å². The van der Waals surface area contributed by atoms with E-state index >= 15 is 0 Å². The molecule has 6 nitrogen and oxygen atoms in total. The molecule has 0 aliphatic carbocycles. The monoisotopic (exact) mass is 292 g/mol. The second kappa shape index (κ2) is 5.72. The lowest BCUT2D eigenvalue weighted by Crippen LogP contribution is -2.37. The lowest BCUT2D eigenvalue weighted by Gasteiger charge is -2.15. The molecule has 0 radical (unpaired) electrons. The zero-order chi connectivity index (χ0) is 13.9. The van der Waals surface area contributed by atoms with Crippen LogP contribution in [-0.4, -0.2) is 42.7 Å². The Morgan fingerprint density at radius 1 is 1.35 bits per heavy atom. The molecule has 0 bridgehead atoms. The first kappa shape index (κ1) is 13.3. The molecule has 2 saturated heterocycles. The lowest BCUT2D eigenvalue weighted by atomic mass is 10.2. The lowest BCUT2D eigenvalue weighted by molar-refractivity contribution is -0.117. The molecule has 0 spiro atoms. The molecule has 0 aromatic heterocycles. The first-order valence-electron chi connectivity index (χ1n) is 6.51. The Labute approximate surface area is 121 Å². The van der Waals surface area contributed by atoms with Crippen molar-refractivity contribution in [2.24, 2.45) is 0 Å². The number of carbonyl (C=O) groups excluding carboxylic acids is 2. The Morgan fingerprint density at radius 2 is 2.15 bits per heavy atom. The number of urea groups is 1. The highest BCUT2D eigenvalue weighted by molar-refractivity contribution is 7.99. The van der Waals surface area contributed by atoms with Gasteiger partial charge in [0.1, 0.15) is 0 Å². The van der Waals surface area contributed by atoms with Crippen LogP contribution < -0.4 is 20.9 Å². The van der Waals surface area contributed by atoms with Crippen molar-refractivity contribution in [3.05, 3.63) is 24.3 Å². The SMILES string of the molecule is O=C(Nc1ccc(N2CCNC2=O)cc1)C1CSCN1. The van der Waals surface area contributed by atoms with Gasteiger partial charge in [-0.2, -0.15) is 0 Å². The maximum Gasteiger partial charge on any atom is 0.321 e. The van der Waals surface area contributed by atoms with Gasteiger partial charge in [0, 0.05) is 36.1 Å². The third-order valence-electron chi connectivity index (χ3n) is 3.34. The third-order valence-corrected chi connectivity index (χ3v) is 4.28. The average Bonchev–Trinajstić information content (AvgIpc) is 3.11. The van der Waals surface area contributed by atoms with Gasteiger partial charge in [0.25, 0.3) is 0 Å². The summed E-state index contributed by atoms with van der Waals surface area (Å²) >= 11 is 1.72. The zero-order valence-electron chi connectivity index (χ0n) is 10.9. The smallest absolute Gasteiger partial charge is 0.321 e. The van der Waals surface area contributed by atoms with Crippen molar-refractivity contribution in [1.82, 2.24) is 10.6 Å². The molecule has 3 amide bonds. The van der Waals surface area contributed by atoms with Crippen molar-refractivity contribution in [1.29, 1.82) is 0 Å². The molecule has 2 aliphatic rings. The molecule has 1 atom stereocenters. The van der Waals surface area contributed by atoms with E-state index in [1.807, 2.05) is 24.3 Å². The molecule has 3 rings (SSSR count). The summed E-state index contributed by atoms with van der Waals surface area (Å²) in [6, 6.07) is 7.13. The van der Waals surface area contributed by atoms with Crippen LogP contribution in [0.3, 0.4) is 0 Å². The molecule has 1 unspecified atom stereocenters. The molecule has 2 heterocycles. The van der Waals surface area contributed by atoms with Crippen molar-refractivity contribution in [2.75, 3.05) is 34.9 Å². The van der Waals surface area contributed by atoms with Crippen LogP contribution in [0.4, 0.5) is 16.2 Å². The second-order valence-electron chi connectivity index (χ2n) is 4.69. The summed E-state index contributed by atoms with van der Waals surface area (Å²) in [6.45, 7) is 1.34. The maximum absolute atomic E-state index is 11.9. The number of anilines is 2. The summed E-state index contributed by atoms with van der Waals surface area (Å²) in [4.78, 5) is 25.2. The predicted octanol–water partition coefficient (Wildman–Crippen LogP) is 0.817. The number of nitrogens with one attached hydrogen (secondary N) is 3. The molecule has 1 aromatic carbocycles. The first-order valence-corrected chi connectivity index (χ1v) is 7.67.